The summed E-state index contributed by atoms with van der Waals surface area (Å²) in [5.74, 6) is 0.374. The molecule has 27 heavy (non-hydrogen) atoms. The van der Waals surface area contributed by atoms with Gasteiger partial charge in [-0.05, 0) is 30.7 Å². The number of amides is 1. The summed E-state index contributed by atoms with van der Waals surface area (Å²) < 4.78 is 20.0. The smallest absolute Gasteiger partial charge is 0.233 e. The van der Waals surface area contributed by atoms with E-state index in [-0.39, 0.29) is 23.3 Å². The van der Waals surface area contributed by atoms with Crippen LogP contribution < -0.4 is 10.1 Å². The monoisotopic (exact) mass is 387 g/mol. The van der Waals surface area contributed by atoms with Gasteiger partial charge in [-0.25, -0.2) is 4.39 Å². The number of aromatic nitrogens is 4. The standard InChI is InChI=1S/C18H15ClFN5O2/c1-9-17-12(11-4-3-10(20)7-13(11)19)8-15(26)21-18(17)25(24-9)14-5-6-16(27-2)23-22-14/h3-7,12H,8H2,1-2H3,(H,21,26)/t12-/m0/s1. The van der Waals surface area contributed by atoms with E-state index in [2.05, 4.69) is 20.6 Å². The van der Waals surface area contributed by atoms with Gasteiger partial charge in [0.2, 0.25) is 11.8 Å². The first kappa shape index (κ1) is 17.4. The first-order chi connectivity index (χ1) is 13.0. The van der Waals surface area contributed by atoms with Gasteiger partial charge in [-0.15, -0.1) is 10.2 Å². The Morgan fingerprint density at radius 3 is 2.78 bits per heavy atom. The normalized spacial score (nSPS) is 16.0. The highest BCUT2D eigenvalue weighted by Gasteiger charge is 2.34. The highest BCUT2D eigenvalue weighted by molar-refractivity contribution is 6.31. The molecular weight excluding hydrogens is 373 g/mol. The molecule has 1 aliphatic heterocycles. The summed E-state index contributed by atoms with van der Waals surface area (Å²) in [6.45, 7) is 1.84. The molecule has 0 saturated heterocycles. The van der Waals surface area contributed by atoms with E-state index in [9.17, 15) is 9.18 Å². The van der Waals surface area contributed by atoms with Crippen LogP contribution in [0.2, 0.25) is 5.02 Å². The number of halogens is 2. The van der Waals surface area contributed by atoms with E-state index in [1.54, 1.807) is 18.2 Å². The lowest BCUT2D eigenvalue weighted by Gasteiger charge is -2.25. The summed E-state index contributed by atoms with van der Waals surface area (Å²) >= 11 is 6.25. The molecule has 2 aromatic heterocycles. The third-order valence-corrected chi connectivity index (χ3v) is 4.82. The van der Waals surface area contributed by atoms with Gasteiger partial charge in [0.15, 0.2) is 5.82 Å². The summed E-state index contributed by atoms with van der Waals surface area (Å²) in [6, 6.07) is 7.54. The Morgan fingerprint density at radius 2 is 2.11 bits per heavy atom. The summed E-state index contributed by atoms with van der Waals surface area (Å²) in [6.07, 6.45) is 0.194. The van der Waals surface area contributed by atoms with Crippen LogP contribution in [-0.4, -0.2) is 33.0 Å². The molecule has 0 spiro atoms. The molecule has 0 fully saturated rings. The molecule has 1 aliphatic rings. The van der Waals surface area contributed by atoms with E-state index in [0.717, 1.165) is 5.56 Å². The summed E-state index contributed by atoms with van der Waals surface area (Å²) in [7, 11) is 1.50. The first-order valence-corrected chi connectivity index (χ1v) is 8.58. The lowest BCUT2D eigenvalue weighted by Crippen LogP contribution is -2.25. The van der Waals surface area contributed by atoms with Gasteiger partial charge < -0.3 is 10.1 Å². The molecule has 0 unspecified atom stereocenters. The fourth-order valence-electron chi connectivity index (χ4n) is 3.30. The zero-order chi connectivity index (χ0) is 19.1. The second-order valence-corrected chi connectivity index (χ2v) is 6.57. The second-order valence-electron chi connectivity index (χ2n) is 6.16. The topological polar surface area (TPSA) is 81.9 Å². The molecule has 9 heteroatoms. The highest BCUT2D eigenvalue weighted by atomic mass is 35.5. The van der Waals surface area contributed by atoms with E-state index in [0.29, 0.717) is 28.8 Å². The fourth-order valence-corrected chi connectivity index (χ4v) is 3.60. The molecule has 1 aromatic carbocycles. The Balaban J connectivity index is 1.85. The number of hydrogen-bond donors (Lipinski definition) is 1. The van der Waals surface area contributed by atoms with Crippen molar-refractivity contribution >= 4 is 23.3 Å². The van der Waals surface area contributed by atoms with Crippen LogP contribution in [-0.2, 0) is 4.79 Å². The van der Waals surface area contributed by atoms with E-state index in [1.807, 2.05) is 6.92 Å². The molecular formula is C18H15ClFN5O2. The molecule has 138 valence electrons. The molecule has 0 aliphatic carbocycles. The molecule has 1 amide bonds. The quantitative estimate of drug-likeness (QED) is 0.746. The Hall–Kier alpha value is -3.00. The minimum absolute atomic E-state index is 0.185. The van der Waals surface area contributed by atoms with Crippen molar-refractivity contribution in [2.24, 2.45) is 0 Å². The van der Waals surface area contributed by atoms with Gasteiger partial charge in [0.05, 0.1) is 12.8 Å². The van der Waals surface area contributed by atoms with E-state index in [1.165, 1.54) is 23.9 Å². The number of anilines is 1. The van der Waals surface area contributed by atoms with Crippen LogP contribution in [0.3, 0.4) is 0 Å². The average Bonchev–Trinajstić information content (AvgIpc) is 2.98. The number of rotatable bonds is 3. The van der Waals surface area contributed by atoms with Crippen molar-refractivity contribution < 1.29 is 13.9 Å². The minimum Gasteiger partial charge on any atom is -0.480 e. The van der Waals surface area contributed by atoms with E-state index in [4.69, 9.17) is 16.3 Å². The van der Waals surface area contributed by atoms with Gasteiger partial charge in [0.1, 0.15) is 11.6 Å². The van der Waals surface area contributed by atoms with Crippen LogP contribution in [0.25, 0.3) is 5.82 Å². The van der Waals surface area contributed by atoms with Crippen LogP contribution >= 0.6 is 11.6 Å². The van der Waals surface area contributed by atoms with Crippen LogP contribution in [0.1, 0.15) is 29.2 Å². The number of fused-ring (bicyclic) bond motifs is 1. The van der Waals surface area contributed by atoms with Crippen molar-refractivity contribution in [3.05, 3.63) is 58.0 Å². The predicted octanol–water partition coefficient (Wildman–Crippen LogP) is 3.25. The molecule has 3 aromatic rings. The van der Waals surface area contributed by atoms with E-state index >= 15 is 0 Å². The zero-order valence-electron chi connectivity index (χ0n) is 14.5. The molecule has 7 nitrogen and oxygen atoms in total. The molecule has 0 radical (unpaired) electrons. The SMILES string of the molecule is COc1ccc(-n2nc(C)c3c2NC(=O)C[C@H]3c2ccc(F)cc2Cl)nn1. The molecule has 3 heterocycles. The number of nitrogens with zero attached hydrogens (tertiary/aromatic N) is 4. The van der Waals surface area contributed by atoms with Crippen molar-refractivity contribution in [1.82, 2.24) is 20.0 Å². The average molecular weight is 388 g/mol. The summed E-state index contributed by atoms with van der Waals surface area (Å²) in [5, 5.41) is 15.7. The van der Waals surface area contributed by atoms with Crippen molar-refractivity contribution in [2.45, 2.75) is 19.3 Å². The van der Waals surface area contributed by atoms with Crippen LogP contribution in [0.5, 0.6) is 5.88 Å². The molecule has 1 atom stereocenters. The van der Waals surface area contributed by atoms with Crippen LogP contribution in [0.4, 0.5) is 10.2 Å². The van der Waals surface area contributed by atoms with Crippen molar-refractivity contribution in [3.8, 4) is 11.7 Å². The van der Waals surface area contributed by atoms with Gasteiger partial charge in [-0.2, -0.15) is 9.78 Å². The number of methoxy groups -OCH3 is 1. The van der Waals surface area contributed by atoms with E-state index < -0.39 is 5.82 Å². The Morgan fingerprint density at radius 1 is 1.30 bits per heavy atom. The largest absolute Gasteiger partial charge is 0.480 e. The third kappa shape index (κ3) is 3.02. The maximum absolute atomic E-state index is 13.4. The maximum Gasteiger partial charge on any atom is 0.233 e. The van der Waals surface area contributed by atoms with Crippen molar-refractivity contribution in [3.63, 3.8) is 0 Å². The Bertz CT molecular complexity index is 1030. The summed E-state index contributed by atoms with van der Waals surface area (Å²) in [4.78, 5) is 12.4. The number of aryl methyl sites for hydroxylation is 1. The lowest BCUT2D eigenvalue weighted by molar-refractivity contribution is -0.116. The number of hydrogen-bond acceptors (Lipinski definition) is 5. The Kier molecular flexibility index (Phi) is 4.27. The Labute approximate surface area is 159 Å². The van der Waals surface area contributed by atoms with Crippen molar-refractivity contribution in [1.29, 1.82) is 0 Å². The predicted molar refractivity (Wildman–Crippen MR) is 96.9 cm³/mol. The molecule has 4 rings (SSSR count). The second kappa shape index (κ2) is 6.62. The van der Waals surface area contributed by atoms with Crippen LogP contribution in [0.15, 0.2) is 30.3 Å². The molecule has 0 bridgehead atoms. The number of carbonyl (C=O) groups excluding carboxylic acids is 1. The maximum atomic E-state index is 13.4. The molecule has 0 saturated carbocycles. The molecule has 1 N–H and O–H groups in total. The zero-order valence-corrected chi connectivity index (χ0v) is 15.3. The third-order valence-electron chi connectivity index (χ3n) is 4.49. The van der Waals surface area contributed by atoms with Gasteiger partial charge in [-0.3, -0.25) is 4.79 Å². The van der Waals surface area contributed by atoms with Gasteiger partial charge >= 0.3 is 0 Å². The minimum atomic E-state index is -0.426. The fraction of sp³-hybridized carbons (Fsp3) is 0.222. The highest BCUT2D eigenvalue weighted by Crippen LogP contribution is 2.42. The number of nitrogens with one attached hydrogen (secondary N) is 1. The van der Waals surface area contributed by atoms with Gasteiger partial charge in [-0.1, -0.05) is 17.7 Å². The summed E-state index contributed by atoms with van der Waals surface area (Å²) in [5.41, 5.74) is 2.21. The first-order valence-electron chi connectivity index (χ1n) is 8.20. The van der Waals surface area contributed by atoms with Gasteiger partial charge in [0.25, 0.3) is 0 Å². The number of ether oxygens (including phenoxy) is 1. The number of carbonyl (C=O) groups is 1. The van der Waals surface area contributed by atoms with Crippen molar-refractivity contribution in [2.75, 3.05) is 12.4 Å². The number of benzene rings is 1. The van der Waals surface area contributed by atoms with Gasteiger partial charge in [0, 0.05) is 29.0 Å². The lowest BCUT2D eigenvalue weighted by atomic mass is 9.86. The van der Waals surface area contributed by atoms with Crippen LogP contribution in [0, 0.1) is 12.7 Å².